The minimum Gasteiger partial charge on any atom is -0.313 e. The van der Waals surface area contributed by atoms with Gasteiger partial charge < -0.3 is 4.90 Å². The minimum atomic E-state index is -0.567. The van der Waals surface area contributed by atoms with Crippen LogP contribution in [0.1, 0.15) is 39.5 Å². The average Bonchev–Trinajstić information content (AvgIpc) is 2.70. The van der Waals surface area contributed by atoms with E-state index in [0.717, 1.165) is 25.7 Å². The van der Waals surface area contributed by atoms with E-state index in [4.69, 9.17) is 0 Å². The van der Waals surface area contributed by atoms with Crippen molar-refractivity contribution in [1.82, 2.24) is 10.3 Å². The van der Waals surface area contributed by atoms with E-state index in [9.17, 15) is 10.1 Å². The Hall–Kier alpha value is -1.59. The Labute approximate surface area is 102 Å². The summed E-state index contributed by atoms with van der Waals surface area (Å²) in [7, 11) is 0. The molecule has 1 aliphatic heterocycles. The Bertz CT molecular complexity index is 325. The molecule has 1 rings (SSSR count). The molecular formula is C11H20N4O2. The number of hydrogen-bond donors (Lipinski definition) is 1. The minimum absolute atomic E-state index is 0.345. The number of unbranched alkanes of at least 4 members (excludes halogenated alkanes) is 1. The lowest BCUT2D eigenvalue weighted by Crippen LogP contribution is -2.38. The third kappa shape index (κ3) is 4.42. The van der Waals surface area contributed by atoms with Gasteiger partial charge in [0.15, 0.2) is 5.03 Å². The van der Waals surface area contributed by atoms with Crippen LogP contribution in [0, 0.1) is 10.1 Å². The second-order valence-electron chi connectivity index (χ2n) is 4.01. The third-order valence-electron chi connectivity index (χ3n) is 2.71. The quantitative estimate of drug-likeness (QED) is 0.568. The summed E-state index contributed by atoms with van der Waals surface area (Å²) in [6.07, 6.45) is 6.34. The fourth-order valence-corrected chi connectivity index (χ4v) is 1.72. The lowest BCUT2D eigenvalue weighted by molar-refractivity contribution is -0.526. The molecule has 1 N–H and O–H groups in total. The molecular weight excluding hydrogens is 220 g/mol. The van der Waals surface area contributed by atoms with Gasteiger partial charge in [0.2, 0.25) is 0 Å². The zero-order chi connectivity index (χ0) is 12.7. The molecule has 0 atom stereocenters. The first-order chi connectivity index (χ1) is 8.17. The van der Waals surface area contributed by atoms with Crippen molar-refractivity contribution in [3.8, 4) is 0 Å². The number of rotatable bonds is 6. The Morgan fingerprint density at radius 2 is 2.41 bits per heavy atom. The van der Waals surface area contributed by atoms with Crippen molar-refractivity contribution in [2.45, 2.75) is 39.5 Å². The Morgan fingerprint density at radius 1 is 1.65 bits per heavy atom. The molecule has 96 valence electrons. The van der Waals surface area contributed by atoms with Crippen LogP contribution in [-0.4, -0.2) is 29.0 Å². The zero-order valence-electron chi connectivity index (χ0n) is 10.5. The number of hydrogen-bond acceptors (Lipinski definition) is 4. The molecule has 0 unspecified atom stereocenters. The van der Waals surface area contributed by atoms with Crippen LogP contribution < -0.4 is 5.43 Å². The molecule has 0 aromatic carbocycles. The first-order valence-corrected chi connectivity index (χ1v) is 6.09. The molecule has 6 nitrogen and oxygen atoms in total. The van der Waals surface area contributed by atoms with Crippen LogP contribution in [0.15, 0.2) is 16.8 Å². The normalized spacial score (nSPS) is 16.0. The summed E-state index contributed by atoms with van der Waals surface area (Å²) in [5.41, 5.74) is 3.44. The molecule has 17 heavy (non-hydrogen) atoms. The second-order valence-corrected chi connectivity index (χ2v) is 4.01. The molecule has 6 heteroatoms. The molecule has 1 heterocycles. The van der Waals surface area contributed by atoms with Gasteiger partial charge in [0, 0.05) is 12.7 Å². The fourth-order valence-electron chi connectivity index (χ4n) is 1.72. The van der Waals surface area contributed by atoms with Gasteiger partial charge in [-0.2, -0.15) is 0 Å². The van der Waals surface area contributed by atoms with E-state index >= 15 is 0 Å². The summed E-state index contributed by atoms with van der Waals surface area (Å²) < 4.78 is 0. The summed E-state index contributed by atoms with van der Waals surface area (Å²) in [5, 5.41) is 9.83. The number of nitrogens with one attached hydrogen (secondary N) is 1. The van der Waals surface area contributed by atoms with Crippen LogP contribution in [0.25, 0.3) is 0 Å². The van der Waals surface area contributed by atoms with Gasteiger partial charge in [-0.25, -0.2) is 15.1 Å². The van der Waals surface area contributed by atoms with Gasteiger partial charge >= 0.3 is 0 Å². The van der Waals surface area contributed by atoms with Crippen molar-refractivity contribution in [1.29, 1.82) is 0 Å². The molecule has 1 aliphatic rings. The standard InChI is InChI=1S/C11H20N4O2/c1-3-5-6-10(4-2)9-14-8-7-12-11(14)13-15(16)17/h9H,3-8H2,1-2H3,(H,12,13). The van der Waals surface area contributed by atoms with E-state index in [0.29, 0.717) is 19.0 Å². The van der Waals surface area contributed by atoms with Gasteiger partial charge in [-0.05, 0) is 19.3 Å². The van der Waals surface area contributed by atoms with Crippen molar-refractivity contribution in [3.63, 3.8) is 0 Å². The maximum absolute atomic E-state index is 10.4. The predicted molar refractivity (Wildman–Crippen MR) is 67.0 cm³/mol. The predicted octanol–water partition coefficient (Wildman–Crippen LogP) is 1.92. The molecule has 0 spiro atoms. The van der Waals surface area contributed by atoms with Crippen LogP contribution in [0.5, 0.6) is 0 Å². The van der Waals surface area contributed by atoms with E-state index in [-0.39, 0.29) is 0 Å². The number of nitrogens with zero attached hydrogens (tertiary/aromatic N) is 3. The molecule has 0 aromatic heterocycles. The number of nitro groups is 1. The average molecular weight is 240 g/mol. The van der Waals surface area contributed by atoms with Gasteiger partial charge in [-0.15, -0.1) is 0 Å². The largest absolute Gasteiger partial charge is 0.313 e. The molecule has 0 fully saturated rings. The highest BCUT2D eigenvalue weighted by molar-refractivity contribution is 5.81. The summed E-state index contributed by atoms with van der Waals surface area (Å²) in [6, 6.07) is 0. The van der Waals surface area contributed by atoms with Crippen LogP contribution in [0.3, 0.4) is 0 Å². The van der Waals surface area contributed by atoms with Crippen LogP contribution in [0.2, 0.25) is 0 Å². The Morgan fingerprint density at radius 3 is 3.00 bits per heavy atom. The van der Waals surface area contributed by atoms with Crippen molar-refractivity contribution in [2.75, 3.05) is 13.1 Å². The van der Waals surface area contributed by atoms with Crippen molar-refractivity contribution in [3.05, 3.63) is 21.9 Å². The summed E-state index contributed by atoms with van der Waals surface area (Å²) in [5.74, 6) is 0.345. The number of aliphatic imine (C=N–C) groups is 1. The third-order valence-corrected chi connectivity index (χ3v) is 2.71. The summed E-state index contributed by atoms with van der Waals surface area (Å²) >= 11 is 0. The molecule has 0 bridgehead atoms. The van der Waals surface area contributed by atoms with Crippen molar-refractivity contribution >= 4 is 5.96 Å². The van der Waals surface area contributed by atoms with Gasteiger partial charge in [0.25, 0.3) is 5.96 Å². The first-order valence-electron chi connectivity index (χ1n) is 6.09. The zero-order valence-corrected chi connectivity index (χ0v) is 10.5. The van der Waals surface area contributed by atoms with Gasteiger partial charge in [0.05, 0.1) is 6.54 Å². The maximum Gasteiger partial charge on any atom is 0.261 e. The molecule has 0 radical (unpaired) electrons. The van der Waals surface area contributed by atoms with E-state index in [1.165, 1.54) is 5.57 Å². The second kappa shape index (κ2) is 6.88. The SMILES string of the molecule is CCCCC(=CN1CCN=C1N[N+](=O)[O-])CC. The van der Waals surface area contributed by atoms with E-state index in [2.05, 4.69) is 24.3 Å². The van der Waals surface area contributed by atoms with E-state index in [1.807, 2.05) is 11.1 Å². The number of allylic oxidation sites excluding steroid dienone is 1. The lowest BCUT2D eigenvalue weighted by Gasteiger charge is -2.15. The van der Waals surface area contributed by atoms with Crippen molar-refractivity contribution in [2.24, 2.45) is 4.99 Å². The molecule has 0 saturated carbocycles. The van der Waals surface area contributed by atoms with Gasteiger partial charge in [-0.1, -0.05) is 31.3 Å². The number of guanidine groups is 1. The maximum atomic E-state index is 10.4. The van der Waals surface area contributed by atoms with E-state index < -0.39 is 5.03 Å². The monoisotopic (exact) mass is 240 g/mol. The lowest BCUT2D eigenvalue weighted by atomic mass is 10.1. The van der Waals surface area contributed by atoms with Gasteiger partial charge in [0.1, 0.15) is 0 Å². The molecule has 0 saturated heterocycles. The molecule has 0 aromatic rings. The van der Waals surface area contributed by atoms with Crippen molar-refractivity contribution < 1.29 is 5.03 Å². The summed E-state index contributed by atoms with van der Waals surface area (Å²) in [6.45, 7) is 5.59. The van der Waals surface area contributed by atoms with E-state index in [1.54, 1.807) is 0 Å². The molecule has 0 aliphatic carbocycles. The Balaban J connectivity index is 2.61. The van der Waals surface area contributed by atoms with Gasteiger partial charge in [-0.3, -0.25) is 0 Å². The first kappa shape index (κ1) is 13.5. The number of hydrazine groups is 1. The fraction of sp³-hybridized carbons (Fsp3) is 0.727. The molecule has 0 amide bonds. The highest BCUT2D eigenvalue weighted by Crippen LogP contribution is 2.13. The Kier molecular flexibility index (Phi) is 5.45. The van der Waals surface area contributed by atoms with Crippen LogP contribution >= 0.6 is 0 Å². The topological polar surface area (TPSA) is 70.8 Å². The highest BCUT2D eigenvalue weighted by atomic mass is 16.7. The van der Waals surface area contributed by atoms with Crippen LogP contribution in [0.4, 0.5) is 0 Å². The summed E-state index contributed by atoms with van der Waals surface area (Å²) in [4.78, 5) is 16.3. The smallest absolute Gasteiger partial charge is 0.261 e. The van der Waals surface area contributed by atoms with Crippen LogP contribution in [-0.2, 0) is 0 Å². The highest BCUT2D eigenvalue weighted by Gasteiger charge is 2.18.